The van der Waals surface area contributed by atoms with Crippen molar-refractivity contribution in [3.63, 3.8) is 0 Å². The molecule has 7 heteroatoms. The maximum Gasteiger partial charge on any atom is 0.349 e. The molecule has 0 radical (unpaired) electrons. The Morgan fingerprint density at radius 3 is 2.44 bits per heavy atom. The molecule has 7 nitrogen and oxygen atoms in total. The fraction of sp³-hybridized carbons (Fsp3) is 0.320. The predicted molar refractivity (Wildman–Crippen MR) is 121 cm³/mol. The van der Waals surface area contributed by atoms with Gasteiger partial charge in [-0.1, -0.05) is 39.3 Å². The molecule has 1 N–H and O–H groups in total. The van der Waals surface area contributed by atoms with Crippen molar-refractivity contribution in [2.45, 2.75) is 33.6 Å². The number of esters is 1. The SMILES string of the molecule is CCCc1ccc(OCC(=O)Oc2ccc3cc(C(=O)NCC(C)C)c(=O)oc3c2)cc1. The summed E-state index contributed by atoms with van der Waals surface area (Å²) in [6, 6.07) is 13.6. The highest BCUT2D eigenvalue weighted by molar-refractivity contribution is 5.96. The Bertz CT molecular complexity index is 1150. The lowest BCUT2D eigenvalue weighted by molar-refractivity contribution is -0.136. The minimum atomic E-state index is -0.753. The van der Waals surface area contributed by atoms with Crippen molar-refractivity contribution >= 4 is 22.8 Å². The van der Waals surface area contributed by atoms with E-state index in [1.54, 1.807) is 12.1 Å². The largest absolute Gasteiger partial charge is 0.482 e. The average Bonchev–Trinajstić information content (AvgIpc) is 2.76. The fourth-order valence-corrected chi connectivity index (χ4v) is 3.05. The Hall–Kier alpha value is -3.61. The van der Waals surface area contributed by atoms with Crippen LogP contribution in [0.4, 0.5) is 0 Å². The van der Waals surface area contributed by atoms with Crippen LogP contribution >= 0.6 is 0 Å². The molecule has 0 aliphatic rings. The molecule has 2 aromatic carbocycles. The zero-order valence-electron chi connectivity index (χ0n) is 18.5. The van der Waals surface area contributed by atoms with E-state index in [1.165, 1.54) is 17.7 Å². The van der Waals surface area contributed by atoms with Gasteiger partial charge >= 0.3 is 11.6 Å². The molecule has 168 valence electrons. The Morgan fingerprint density at radius 1 is 1.03 bits per heavy atom. The van der Waals surface area contributed by atoms with Crippen LogP contribution in [0.15, 0.2) is 57.7 Å². The number of carbonyl (C=O) groups excluding carboxylic acids is 2. The summed E-state index contributed by atoms with van der Waals surface area (Å²) in [4.78, 5) is 36.6. The van der Waals surface area contributed by atoms with Crippen molar-refractivity contribution in [2.75, 3.05) is 13.2 Å². The molecule has 0 fully saturated rings. The fourth-order valence-electron chi connectivity index (χ4n) is 3.05. The maximum absolute atomic E-state index is 12.2. The first kappa shape index (κ1) is 23.1. The van der Waals surface area contributed by atoms with Crippen molar-refractivity contribution in [2.24, 2.45) is 5.92 Å². The molecule has 0 saturated heterocycles. The highest BCUT2D eigenvalue weighted by Crippen LogP contribution is 2.21. The standard InChI is InChI=1S/C25H27NO6/c1-4-5-17-6-9-19(10-7-17)30-15-23(27)31-20-11-8-18-12-21(24(28)26-14-16(2)3)25(29)32-22(18)13-20/h6-13,16H,4-5,14-15H2,1-3H3,(H,26,28). The number of fused-ring (bicyclic) bond motifs is 1. The topological polar surface area (TPSA) is 94.8 Å². The van der Waals surface area contributed by atoms with Gasteiger partial charge in [0, 0.05) is 18.0 Å². The molecule has 0 aliphatic heterocycles. The summed E-state index contributed by atoms with van der Waals surface area (Å²) >= 11 is 0. The van der Waals surface area contributed by atoms with E-state index in [9.17, 15) is 14.4 Å². The Kier molecular flexibility index (Phi) is 7.65. The molecular weight excluding hydrogens is 410 g/mol. The van der Waals surface area contributed by atoms with Crippen LogP contribution in [-0.2, 0) is 11.2 Å². The molecule has 0 saturated carbocycles. The molecular formula is C25H27NO6. The summed E-state index contributed by atoms with van der Waals surface area (Å²) in [5, 5.41) is 3.24. The van der Waals surface area contributed by atoms with Gasteiger partial charge in [0.15, 0.2) is 6.61 Å². The van der Waals surface area contributed by atoms with Crippen molar-refractivity contribution in [3.8, 4) is 11.5 Å². The van der Waals surface area contributed by atoms with Crippen LogP contribution < -0.4 is 20.4 Å². The van der Waals surface area contributed by atoms with Crippen LogP contribution in [0.3, 0.4) is 0 Å². The number of hydrogen-bond acceptors (Lipinski definition) is 6. The van der Waals surface area contributed by atoms with Crippen molar-refractivity contribution in [1.82, 2.24) is 5.32 Å². The second-order valence-corrected chi connectivity index (χ2v) is 7.91. The quantitative estimate of drug-likeness (QED) is 0.307. The number of benzene rings is 2. The van der Waals surface area contributed by atoms with E-state index < -0.39 is 17.5 Å². The van der Waals surface area contributed by atoms with E-state index in [-0.39, 0.29) is 29.4 Å². The van der Waals surface area contributed by atoms with Crippen LogP contribution in [0.25, 0.3) is 11.0 Å². The molecule has 0 bridgehead atoms. The Morgan fingerprint density at radius 2 is 1.75 bits per heavy atom. The Labute approximate surface area is 186 Å². The number of ether oxygens (including phenoxy) is 2. The zero-order chi connectivity index (χ0) is 23.1. The molecule has 1 amide bonds. The van der Waals surface area contributed by atoms with Crippen molar-refractivity contribution in [3.05, 3.63) is 70.1 Å². The molecule has 32 heavy (non-hydrogen) atoms. The van der Waals surface area contributed by atoms with Gasteiger partial charge in [-0.2, -0.15) is 0 Å². The summed E-state index contributed by atoms with van der Waals surface area (Å²) in [7, 11) is 0. The van der Waals surface area contributed by atoms with E-state index >= 15 is 0 Å². The minimum Gasteiger partial charge on any atom is -0.482 e. The lowest BCUT2D eigenvalue weighted by Gasteiger charge is -2.09. The monoisotopic (exact) mass is 437 g/mol. The molecule has 0 spiro atoms. The van der Waals surface area contributed by atoms with E-state index in [0.717, 1.165) is 12.8 Å². The third-order valence-corrected chi connectivity index (χ3v) is 4.67. The molecule has 0 aliphatic carbocycles. The Balaban J connectivity index is 1.63. The van der Waals surface area contributed by atoms with Crippen LogP contribution in [-0.4, -0.2) is 25.0 Å². The summed E-state index contributed by atoms with van der Waals surface area (Å²) in [5.41, 5.74) is 0.604. The van der Waals surface area contributed by atoms with Gasteiger partial charge in [-0.3, -0.25) is 4.79 Å². The van der Waals surface area contributed by atoms with Gasteiger partial charge in [-0.05, 0) is 48.2 Å². The van der Waals surface area contributed by atoms with Gasteiger partial charge in [-0.15, -0.1) is 0 Å². The average molecular weight is 437 g/mol. The van der Waals surface area contributed by atoms with Crippen LogP contribution in [0.2, 0.25) is 0 Å². The van der Waals surface area contributed by atoms with E-state index in [2.05, 4.69) is 12.2 Å². The van der Waals surface area contributed by atoms with Gasteiger partial charge in [0.05, 0.1) is 0 Å². The third kappa shape index (κ3) is 6.20. The highest BCUT2D eigenvalue weighted by atomic mass is 16.6. The summed E-state index contributed by atoms with van der Waals surface area (Å²) in [6.07, 6.45) is 2.05. The number of rotatable bonds is 9. The third-order valence-electron chi connectivity index (χ3n) is 4.67. The van der Waals surface area contributed by atoms with Crippen LogP contribution in [0.1, 0.15) is 43.1 Å². The normalized spacial score (nSPS) is 10.9. The number of carbonyl (C=O) groups is 2. The maximum atomic E-state index is 12.2. The lowest BCUT2D eigenvalue weighted by atomic mass is 10.1. The van der Waals surface area contributed by atoms with Gasteiger partial charge < -0.3 is 19.2 Å². The first-order valence-corrected chi connectivity index (χ1v) is 10.6. The summed E-state index contributed by atoms with van der Waals surface area (Å²) in [5.74, 6) is -0.0222. The first-order valence-electron chi connectivity index (χ1n) is 10.6. The summed E-state index contributed by atoms with van der Waals surface area (Å²) in [6.45, 7) is 6.22. The highest BCUT2D eigenvalue weighted by Gasteiger charge is 2.15. The number of aryl methyl sites for hydroxylation is 1. The predicted octanol–water partition coefficient (Wildman–Crippen LogP) is 4.12. The molecule has 0 atom stereocenters. The molecule has 0 unspecified atom stereocenters. The van der Waals surface area contributed by atoms with Crippen molar-refractivity contribution in [1.29, 1.82) is 0 Å². The zero-order valence-corrected chi connectivity index (χ0v) is 18.5. The molecule has 3 rings (SSSR count). The molecule has 1 aromatic heterocycles. The smallest absolute Gasteiger partial charge is 0.349 e. The van der Waals surface area contributed by atoms with Gasteiger partial charge in [-0.25, -0.2) is 9.59 Å². The van der Waals surface area contributed by atoms with Gasteiger partial charge in [0.25, 0.3) is 5.91 Å². The number of nitrogens with one attached hydrogen (secondary N) is 1. The van der Waals surface area contributed by atoms with Crippen LogP contribution in [0, 0.1) is 5.92 Å². The second kappa shape index (κ2) is 10.6. The minimum absolute atomic E-state index is 0.0683. The van der Waals surface area contributed by atoms with Crippen LogP contribution in [0.5, 0.6) is 11.5 Å². The van der Waals surface area contributed by atoms with Gasteiger partial charge in [0.2, 0.25) is 0 Å². The van der Waals surface area contributed by atoms with Gasteiger partial charge in [0.1, 0.15) is 22.6 Å². The lowest BCUT2D eigenvalue weighted by Crippen LogP contribution is -2.31. The molecule has 1 heterocycles. The van der Waals surface area contributed by atoms with E-state index in [1.807, 2.05) is 38.1 Å². The second-order valence-electron chi connectivity index (χ2n) is 7.91. The number of hydrogen-bond donors (Lipinski definition) is 1. The first-order chi connectivity index (χ1) is 15.4. The van der Waals surface area contributed by atoms with E-state index in [0.29, 0.717) is 17.7 Å². The van der Waals surface area contributed by atoms with E-state index in [4.69, 9.17) is 13.9 Å². The summed E-state index contributed by atoms with van der Waals surface area (Å²) < 4.78 is 16.0. The van der Waals surface area contributed by atoms with Crippen molar-refractivity contribution < 1.29 is 23.5 Å². The number of amides is 1. The molecule has 3 aromatic rings.